The van der Waals surface area contributed by atoms with Gasteiger partial charge in [-0.2, -0.15) is 0 Å². The van der Waals surface area contributed by atoms with Crippen LogP contribution in [0.2, 0.25) is 5.02 Å². The summed E-state index contributed by atoms with van der Waals surface area (Å²) in [4.78, 5) is 2.36. The van der Waals surface area contributed by atoms with Gasteiger partial charge in [-0.1, -0.05) is 54.1 Å². The molecule has 7 heteroatoms. The number of sulfonamides is 1. The number of hydrogen-bond acceptors (Lipinski definition) is 4. The van der Waals surface area contributed by atoms with Gasteiger partial charge in [0, 0.05) is 26.2 Å². The van der Waals surface area contributed by atoms with Gasteiger partial charge in [-0.25, -0.2) is 13.1 Å². The van der Waals surface area contributed by atoms with E-state index in [1.54, 1.807) is 18.2 Å². The number of hydrogen-bond donors (Lipinski definition) is 1. The highest BCUT2D eigenvalue weighted by molar-refractivity contribution is 7.89. The molecule has 3 rings (SSSR count). The molecule has 1 fully saturated rings. The lowest BCUT2D eigenvalue weighted by atomic mass is 10.2. The Labute approximate surface area is 153 Å². The van der Waals surface area contributed by atoms with Gasteiger partial charge in [0.25, 0.3) is 0 Å². The molecule has 0 amide bonds. The fourth-order valence-electron chi connectivity index (χ4n) is 2.83. The van der Waals surface area contributed by atoms with Crippen LogP contribution in [-0.2, 0) is 21.3 Å². The molecule has 25 heavy (non-hydrogen) atoms. The Morgan fingerprint density at radius 3 is 2.60 bits per heavy atom. The number of morpholine rings is 1. The van der Waals surface area contributed by atoms with Crippen molar-refractivity contribution in [1.29, 1.82) is 0 Å². The average Bonchev–Trinajstić information content (AvgIpc) is 2.62. The highest BCUT2D eigenvalue weighted by atomic mass is 35.5. The van der Waals surface area contributed by atoms with Crippen molar-refractivity contribution < 1.29 is 13.2 Å². The fourth-order valence-corrected chi connectivity index (χ4v) is 4.42. The molecule has 1 N–H and O–H groups in total. The molecule has 2 aromatic carbocycles. The van der Waals surface area contributed by atoms with E-state index in [4.69, 9.17) is 16.3 Å². The SMILES string of the molecule is O=S(=O)(NCC1CN(Cc2ccccc2)CCO1)c1ccccc1Cl. The minimum absolute atomic E-state index is 0.0913. The molecule has 1 aliphatic rings. The Kier molecular flexibility index (Phi) is 6.09. The van der Waals surface area contributed by atoms with Gasteiger partial charge in [-0.15, -0.1) is 0 Å². The van der Waals surface area contributed by atoms with E-state index in [-0.39, 0.29) is 22.6 Å². The van der Waals surface area contributed by atoms with Crippen molar-refractivity contribution in [3.8, 4) is 0 Å². The average molecular weight is 381 g/mol. The third-order valence-corrected chi connectivity index (χ3v) is 6.02. The highest BCUT2D eigenvalue weighted by Gasteiger charge is 2.24. The zero-order valence-electron chi connectivity index (χ0n) is 13.8. The van der Waals surface area contributed by atoms with Crippen molar-refractivity contribution in [3.05, 3.63) is 65.2 Å². The Balaban J connectivity index is 1.57. The van der Waals surface area contributed by atoms with Crippen LogP contribution in [0, 0.1) is 0 Å². The largest absolute Gasteiger partial charge is 0.374 e. The summed E-state index contributed by atoms with van der Waals surface area (Å²) in [5.74, 6) is 0. The third-order valence-electron chi connectivity index (χ3n) is 4.10. The summed E-state index contributed by atoms with van der Waals surface area (Å²) in [6, 6.07) is 16.6. The number of ether oxygens (including phenoxy) is 1. The molecule has 1 unspecified atom stereocenters. The first kappa shape index (κ1) is 18.4. The van der Waals surface area contributed by atoms with Crippen molar-refractivity contribution in [2.45, 2.75) is 17.5 Å². The van der Waals surface area contributed by atoms with Crippen LogP contribution < -0.4 is 4.72 Å². The number of nitrogens with zero attached hydrogens (tertiary/aromatic N) is 1. The molecular weight excluding hydrogens is 360 g/mol. The summed E-state index contributed by atoms with van der Waals surface area (Å²) < 4.78 is 33.1. The monoisotopic (exact) mass is 380 g/mol. The summed E-state index contributed by atoms with van der Waals surface area (Å²) >= 11 is 5.99. The number of benzene rings is 2. The molecule has 1 saturated heterocycles. The summed E-state index contributed by atoms with van der Waals surface area (Å²) in [6.45, 7) is 3.16. The van der Waals surface area contributed by atoms with Gasteiger partial charge in [0.1, 0.15) is 4.90 Å². The minimum atomic E-state index is -3.65. The van der Waals surface area contributed by atoms with Crippen molar-refractivity contribution >= 4 is 21.6 Å². The Bertz CT molecular complexity index is 799. The van der Waals surface area contributed by atoms with Gasteiger partial charge >= 0.3 is 0 Å². The van der Waals surface area contributed by atoms with Gasteiger partial charge in [-0.3, -0.25) is 4.90 Å². The van der Waals surface area contributed by atoms with E-state index in [1.165, 1.54) is 11.6 Å². The second-order valence-electron chi connectivity index (χ2n) is 6.00. The lowest BCUT2D eigenvalue weighted by Gasteiger charge is -2.33. The van der Waals surface area contributed by atoms with Gasteiger partial charge in [0.15, 0.2) is 0 Å². The predicted octanol–water partition coefficient (Wildman–Crippen LogP) is 2.52. The lowest BCUT2D eigenvalue weighted by molar-refractivity contribution is -0.0276. The summed E-state index contributed by atoms with van der Waals surface area (Å²) in [5.41, 5.74) is 1.24. The van der Waals surface area contributed by atoms with Crippen LogP contribution in [0.3, 0.4) is 0 Å². The molecule has 2 aromatic rings. The molecule has 134 valence electrons. The highest BCUT2D eigenvalue weighted by Crippen LogP contribution is 2.20. The fraction of sp³-hybridized carbons (Fsp3) is 0.333. The summed E-state index contributed by atoms with van der Waals surface area (Å²) in [7, 11) is -3.65. The molecule has 5 nitrogen and oxygen atoms in total. The van der Waals surface area contributed by atoms with E-state index in [9.17, 15) is 8.42 Å². The first-order chi connectivity index (χ1) is 12.0. The second kappa shape index (κ2) is 8.29. The zero-order valence-corrected chi connectivity index (χ0v) is 15.3. The van der Waals surface area contributed by atoms with Crippen LogP contribution in [-0.4, -0.2) is 45.7 Å². The zero-order chi connectivity index (χ0) is 17.7. The number of nitrogens with one attached hydrogen (secondary N) is 1. The molecule has 0 saturated carbocycles. The Hall–Kier alpha value is -1.44. The number of halogens is 1. The maximum atomic E-state index is 12.4. The molecule has 0 bridgehead atoms. The van der Waals surface area contributed by atoms with E-state index in [0.29, 0.717) is 13.2 Å². The van der Waals surface area contributed by atoms with Crippen LogP contribution in [0.5, 0.6) is 0 Å². The van der Waals surface area contributed by atoms with Crippen LogP contribution >= 0.6 is 11.6 Å². The van der Waals surface area contributed by atoms with Crippen LogP contribution in [0.25, 0.3) is 0 Å². The molecule has 0 radical (unpaired) electrons. The number of rotatable bonds is 6. The normalized spacial score (nSPS) is 19.0. The maximum absolute atomic E-state index is 12.4. The second-order valence-corrected chi connectivity index (χ2v) is 8.14. The Morgan fingerprint density at radius 1 is 1.12 bits per heavy atom. The van der Waals surface area contributed by atoms with Gasteiger partial charge in [0.05, 0.1) is 17.7 Å². The summed E-state index contributed by atoms with van der Waals surface area (Å²) in [6.07, 6.45) is -0.185. The van der Waals surface area contributed by atoms with Crippen molar-refractivity contribution in [2.75, 3.05) is 26.2 Å². The molecule has 0 aromatic heterocycles. The first-order valence-electron chi connectivity index (χ1n) is 8.17. The third kappa shape index (κ3) is 5.03. The minimum Gasteiger partial charge on any atom is -0.374 e. The van der Waals surface area contributed by atoms with Crippen molar-refractivity contribution in [1.82, 2.24) is 9.62 Å². The van der Waals surface area contributed by atoms with E-state index < -0.39 is 10.0 Å². The lowest BCUT2D eigenvalue weighted by Crippen LogP contribution is -2.47. The summed E-state index contributed by atoms with van der Waals surface area (Å²) in [5, 5.41) is 0.213. The standard InChI is InChI=1S/C18H21ClN2O3S/c19-17-8-4-5-9-18(17)25(22,23)20-12-16-14-21(10-11-24-16)13-15-6-2-1-3-7-15/h1-9,16,20H,10-14H2. The van der Waals surface area contributed by atoms with Crippen molar-refractivity contribution in [2.24, 2.45) is 0 Å². The van der Waals surface area contributed by atoms with E-state index in [2.05, 4.69) is 21.8 Å². The Morgan fingerprint density at radius 2 is 1.84 bits per heavy atom. The van der Waals surface area contributed by atoms with E-state index in [0.717, 1.165) is 13.1 Å². The van der Waals surface area contributed by atoms with E-state index >= 15 is 0 Å². The molecule has 0 aliphatic carbocycles. The van der Waals surface area contributed by atoms with Gasteiger partial charge < -0.3 is 4.74 Å². The quantitative estimate of drug-likeness (QED) is 0.836. The molecular formula is C18H21ClN2O3S. The van der Waals surface area contributed by atoms with Gasteiger partial charge in [-0.05, 0) is 17.7 Å². The molecule has 0 spiro atoms. The smallest absolute Gasteiger partial charge is 0.242 e. The first-order valence-corrected chi connectivity index (χ1v) is 10.0. The van der Waals surface area contributed by atoms with Crippen LogP contribution in [0.1, 0.15) is 5.56 Å². The molecule has 1 atom stereocenters. The topological polar surface area (TPSA) is 58.6 Å². The molecule has 1 aliphatic heterocycles. The van der Waals surface area contributed by atoms with Crippen LogP contribution in [0.4, 0.5) is 0 Å². The van der Waals surface area contributed by atoms with Crippen LogP contribution in [0.15, 0.2) is 59.5 Å². The van der Waals surface area contributed by atoms with Crippen molar-refractivity contribution in [3.63, 3.8) is 0 Å². The predicted molar refractivity (Wildman–Crippen MR) is 98.1 cm³/mol. The van der Waals surface area contributed by atoms with E-state index in [1.807, 2.05) is 18.2 Å². The molecule has 1 heterocycles. The maximum Gasteiger partial charge on any atom is 0.242 e. The van der Waals surface area contributed by atoms with Gasteiger partial charge in [0.2, 0.25) is 10.0 Å².